The normalized spacial score (nSPS) is 29.5. The van der Waals surface area contributed by atoms with Gasteiger partial charge in [-0.2, -0.15) is 0 Å². The van der Waals surface area contributed by atoms with Crippen LogP contribution in [0.3, 0.4) is 0 Å². The highest BCUT2D eigenvalue weighted by atomic mass is 16.2. The van der Waals surface area contributed by atoms with Gasteiger partial charge in [0.15, 0.2) is 0 Å². The largest absolute Gasteiger partial charge is 0.354 e. The van der Waals surface area contributed by atoms with Crippen molar-refractivity contribution >= 4 is 11.7 Å². The highest BCUT2D eigenvalue weighted by molar-refractivity contribution is 5.91. The van der Waals surface area contributed by atoms with E-state index in [1.807, 2.05) is 20.8 Å². The molecule has 1 saturated carbocycles. The van der Waals surface area contributed by atoms with E-state index in [1.165, 1.54) is 12.8 Å². The van der Waals surface area contributed by atoms with Crippen molar-refractivity contribution in [3.8, 4) is 0 Å². The molecule has 4 heteroatoms. The lowest BCUT2D eigenvalue weighted by Gasteiger charge is -2.34. The van der Waals surface area contributed by atoms with Crippen LogP contribution in [0.15, 0.2) is 0 Å². The van der Waals surface area contributed by atoms with Crippen LogP contribution in [-0.4, -0.2) is 42.3 Å². The maximum Gasteiger partial charge on any atom is 0.223 e. The molecular weight excluding hydrogens is 288 g/mol. The molecule has 2 fully saturated rings. The Labute approximate surface area is 141 Å². The van der Waals surface area contributed by atoms with Crippen LogP contribution in [0.1, 0.15) is 66.2 Å². The van der Waals surface area contributed by atoms with Gasteiger partial charge in [0, 0.05) is 29.8 Å². The zero-order chi connectivity index (χ0) is 17.0. The zero-order valence-corrected chi connectivity index (χ0v) is 15.4. The van der Waals surface area contributed by atoms with Gasteiger partial charge in [-0.15, -0.1) is 0 Å². The molecule has 0 aromatic carbocycles. The molecule has 1 heterocycles. The van der Waals surface area contributed by atoms with Crippen LogP contribution in [0, 0.1) is 17.3 Å². The molecule has 132 valence electrons. The number of carbonyl (C=O) groups excluding carboxylic acids is 2. The van der Waals surface area contributed by atoms with Gasteiger partial charge in [-0.25, -0.2) is 0 Å². The Bertz CT molecular complexity index is 428. The standard InChI is InChI=1S/C19H34N2O2/c1-5-21-12-8-9-14(21)13-20-18(23)16-11-7-6-10-15(16)17(22)19(2,3)4/h14-16H,5-13H2,1-4H3,(H,20,23). The van der Waals surface area contributed by atoms with Crippen LogP contribution in [0.5, 0.6) is 0 Å². The van der Waals surface area contributed by atoms with Gasteiger partial charge >= 0.3 is 0 Å². The number of ketones is 1. The molecule has 0 bridgehead atoms. The summed E-state index contributed by atoms with van der Waals surface area (Å²) in [5, 5.41) is 3.16. The van der Waals surface area contributed by atoms with Crippen LogP contribution in [-0.2, 0) is 9.59 Å². The van der Waals surface area contributed by atoms with E-state index >= 15 is 0 Å². The fourth-order valence-electron chi connectivity index (χ4n) is 4.21. The molecule has 0 aromatic heterocycles. The zero-order valence-electron chi connectivity index (χ0n) is 15.4. The molecule has 3 unspecified atom stereocenters. The van der Waals surface area contributed by atoms with E-state index in [0.29, 0.717) is 6.04 Å². The van der Waals surface area contributed by atoms with Crippen molar-refractivity contribution in [3.05, 3.63) is 0 Å². The second-order valence-corrected chi connectivity index (χ2v) is 8.28. The lowest BCUT2D eigenvalue weighted by Crippen LogP contribution is -2.46. The maximum atomic E-state index is 12.7. The third kappa shape index (κ3) is 4.56. The van der Waals surface area contributed by atoms with Crippen LogP contribution in [0.4, 0.5) is 0 Å². The lowest BCUT2D eigenvalue weighted by atomic mass is 9.70. The first kappa shape index (κ1) is 18.4. The summed E-state index contributed by atoms with van der Waals surface area (Å²) in [5.41, 5.74) is -0.356. The Kier molecular flexibility index (Phi) is 6.24. The summed E-state index contributed by atoms with van der Waals surface area (Å²) in [4.78, 5) is 27.9. The molecule has 2 rings (SSSR count). The Morgan fingerprint density at radius 3 is 2.30 bits per heavy atom. The first-order valence-electron chi connectivity index (χ1n) is 9.40. The van der Waals surface area contributed by atoms with Gasteiger partial charge in [0.25, 0.3) is 0 Å². The van der Waals surface area contributed by atoms with E-state index in [4.69, 9.17) is 0 Å². The number of hydrogen-bond acceptors (Lipinski definition) is 3. The Hall–Kier alpha value is -0.900. The minimum absolute atomic E-state index is 0.0883. The summed E-state index contributed by atoms with van der Waals surface area (Å²) < 4.78 is 0. The van der Waals surface area contributed by atoms with E-state index in [2.05, 4.69) is 17.1 Å². The number of Topliss-reactive ketones (excluding diaryl/α,β-unsaturated/α-hetero) is 1. The summed E-state index contributed by atoms with van der Waals surface area (Å²) in [6, 6.07) is 0.476. The summed E-state index contributed by atoms with van der Waals surface area (Å²) in [7, 11) is 0. The number of nitrogens with one attached hydrogen (secondary N) is 1. The molecule has 3 atom stereocenters. The number of hydrogen-bond donors (Lipinski definition) is 1. The summed E-state index contributed by atoms with van der Waals surface area (Å²) in [6.07, 6.45) is 6.27. The summed E-state index contributed by atoms with van der Waals surface area (Å²) in [5.74, 6) is 0.158. The van der Waals surface area contributed by atoms with Crippen molar-refractivity contribution in [1.82, 2.24) is 10.2 Å². The number of amides is 1. The molecule has 4 nitrogen and oxygen atoms in total. The van der Waals surface area contributed by atoms with Crippen molar-refractivity contribution in [2.45, 2.75) is 72.3 Å². The molecule has 0 aromatic rings. The van der Waals surface area contributed by atoms with E-state index in [-0.39, 0.29) is 28.9 Å². The fourth-order valence-corrected chi connectivity index (χ4v) is 4.21. The smallest absolute Gasteiger partial charge is 0.223 e. The molecule has 1 amide bonds. The van der Waals surface area contributed by atoms with Crippen molar-refractivity contribution < 1.29 is 9.59 Å². The molecule has 23 heavy (non-hydrogen) atoms. The molecule has 1 aliphatic carbocycles. The minimum Gasteiger partial charge on any atom is -0.354 e. The van der Waals surface area contributed by atoms with Crippen molar-refractivity contribution in [3.63, 3.8) is 0 Å². The average molecular weight is 322 g/mol. The van der Waals surface area contributed by atoms with Gasteiger partial charge in [-0.05, 0) is 38.8 Å². The van der Waals surface area contributed by atoms with Crippen molar-refractivity contribution in [2.75, 3.05) is 19.6 Å². The summed E-state index contributed by atoms with van der Waals surface area (Å²) in [6.45, 7) is 11.0. The van der Waals surface area contributed by atoms with Gasteiger partial charge in [0.2, 0.25) is 5.91 Å². The van der Waals surface area contributed by atoms with Gasteiger partial charge < -0.3 is 5.32 Å². The Morgan fingerprint density at radius 1 is 1.04 bits per heavy atom. The predicted octanol–water partition coefficient (Wildman–Crippen LogP) is 3.01. The molecule has 2 aliphatic rings. The number of likely N-dealkylation sites (tertiary alicyclic amines) is 1. The highest BCUT2D eigenvalue weighted by Crippen LogP contribution is 2.35. The maximum absolute atomic E-state index is 12.7. The molecule has 0 radical (unpaired) electrons. The fraction of sp³-hybridized carbons (Fsp3) is 0.895. The van der Waals surface area contributed by atoms with E-state index in [1.54, 1.807) is 0 Å². The molecule has 1 aliphatic heterocycles. The molecule has 0 spiro atoms. The Balaban J connectivity index is 1.94. The van der Waals surface area contributed by atoms with Crippen LogP contribution in [0.2, 0.25) is 0 Å². The predicted molar refractivity (Wildman–Crippen MR) is 93.2 cm³/mol. The van der Waals surface area contributed by atoms with Crippen LogP contribution in [0.25, 0.3) is 0 Å². The SMILES string of the molecule is CCN1CCCC1CNC(=O)C1CCCCC1C(=O)C(C)(C)C. The lowest BCUT2D eigenvalue weighted by molar-refractivity contribution is -0.140. The van der Waals surface area contributed by atoms with E-state index < -0.39 is 0 Å². The van der Waals surface area contributed by atoms with Gasteiger partial charge in [0.05, 0.1) is 0 Å². The van der Waals surface area contributed by atoms with Crippen molar-refractivity contribution in [1.29, 1.82) is 0 Å². The monoisotopic (exact) mass is 322 g/mol. The molecular formula is C19H34N2O2. The number of likely N-dealkylation sites (N-methyl/N-ethyl adjacent to an activating group) is 1. The van der Waals surface area contributed by atoms with Gasteiger partial charge in [-0.1, -0.05) is 40.5 Å². The van der Waals surface area contributed by atoms with Crippen LogP contribution < -0.4 is 5.32 Å². The first-order chi connectivity index (χ1) is 10.8. The second-order valence-electron chi connectivity index (χ2n) is 8.28. The van der Waals surface area contributed by atoms with Crippen molar-refractivity contribution in [2.24, 2.45) is 17.3 Å². The van der Waals surface area contributed by atoms with Gasteiger partial charge in [0.1, 0.15) is 5.78 Å². The second kappa shape index (κ2) is 7.78. The Morgan fingerprint density at radius 2 is 1.70 bits per heavy atom. The summed E-state index contributed by atoms with van der Waals surface area (Å²) >= 11 is 0. The molecule has 1 saturated heterocycles. The molecule has 1 N–H and O–H groups in total. The van der Waals surface area contributed by atoms with Crippen LogP contribution >= 0.6 is 0 Å². The topological polar surface area (TPSA) is 49.4 Å². The first-order valence-corrected chi connectivity index (χ1v) is 9.40. The number of rotatable bonds is 5. The number of carbonyl (C=O) groups is 2. The quantitative estimate of drug-likeness (QED) is 0.846. The third-order valence-corrected chi connectivity index (χ3v) is 5.60. The minimum atomic E-state index is -0.356. The highest BCUT2D eigenvalue weighted by Gasteiger charge is 2.40. The van der Waals surface area contributed by atoms with E-state index in [0.717, 1.165) is 45.3 Å². The van der Waals surface area contributed by atoms with Gasteiger partial charge in [-0.3, -0.25) is 14.5 Å². The average Bonchev–Trinajstić information content (AvgIpc) is 2.98. The number of nitrogens with zero attached hydrogens (tertiary/aromatic N) is 1. The van der Waals surface area contributed by atoms with E-state index in [9.17, 15) is 9.59 Å². The third-order valence-electron chi connectivity index (χ3n) is 5.60.